The number of amides is 1. The molecular formula is C15H18ClNO4. The molecule has 1 fully saturated rings. The maximum atomic E-state index is 12.6. The normalized spacial score (nSPS) is 18.5. The number of nitrogens with zero attached hydrogens (tertiary/aromatic N) is 1. The van der Waals surface area contributed by atoms with Gasteiger partial charge in [0.05, 0.1) is 5.56 Å². The Morgan fingerprint density at radius 3 is 2.76 bits per heavy atom. The van der Waals surface area contributed by atoms with Gasteiger partial charge >= 0.3 is 5.97 Å². The number of hydrogen-bond donors (Lipinski definition) is 2. The van der Waals surface area contributed by atoms with Crippen LogP contribution in [0.3, 0.4) is 0 Å². The second kappa shape index (κ2) is 6.80. The molecule has 21 heavy (non-hydrogen) atoms. The van der Waals surface area contributed by atoms with E-state index in [-0.39, 0.29) is 29.7 Å². The Kier molecular flexibility index (Phi) is 5.07. The highest BCUT2D eigenvalue weighted by atomic mass is 35.5. The van der Waals surface area contributed by atoms with Crippen LogP contribution in [0.4, 0.5) is 0 Å². The Balaban J connectivity index is 2.16. The van der Waals surface area contributed by atoms with Crippen LogP contribution in [0.25, 0.3) is 0 Å². The van der Waals surface area contributed by atoms with Crippen molar-refractivity contribution in [3.63, 3.8) is 0 Å². The van der Waals surface area contributed by atoms with E-state index in [9.17, 15) is 14.7 Å². The van der Waals surface area contributed by atoms with Crippen molar-refractivity contribution >= 4 is 23.5 Å². The average molecular weight is 312 g/mol. The highest BCUT2D eigenvalue weighted by Crippen LogP contribution is 2.27. The Morgan fingerprint density at radius 2 is 2.10 bits per heavy atom. The van der Waals surface area contributed by atoms with Crippen molar-refractivity contribution in [2.24, 2.45) is 0 Å². The Hall–Kier alpha value is -1.75. The summed E-state index contributed by atoms with van der Waals surface area (Å²) in [5.74, 6) is -1.27. The number of aliphatic carboxylic acids is 1. The van der Waals surface area contributed by atoms with E-state index in [0.29, 0.717) is 18.0 Å². The number of phenols is 1. The first-order valence-corrected chi connectivity index (χ1v) is 7.38. The fourth-order valence-electron chi connectivity index (χ4n) is 2.70. The zero-order valence-electron chi connectivity index (χ0n) is 11.6. The van der Waals surface area contributed by atoms with Crippen LogP contribution in [0, 0.1) is 0 Å². The topological polar surface area (TPSA) is 77.8 Å². The van der Waals surface area contributed by atoms with Gasteiger partial charge in [-0.3, -0.25) is 9.59 Å². The first-order valence-electron chi connectivity index (χ1n) is 7.00. The minimum atomic E-state index is -0.859. The summed E-state index contributed by atoms with van der Waals surface area (Å²) >= 11 is 5.77. The molecule has 1 saturated heterocycles. The highest BCUT2D eigenvalue weighted by molar-refractivity contribution is 6.30. The van der Waals surface area contributed by atoms with Gasteiger partial charge in [0.25, 0.3) is 5.91 Å². The van der Waals surface area contributed by atoms with Gasteiger partial charge in [-0.1, -0.05) is 11.6 Å². The van der Waals surface area contributed by atoms with Crippen molar-refractivity contribution in [1.29, 1.82) is 0 Å². The minimum absolute atomic E-state index is 0.0427. The van der Waals surface area contributed by atoms with Crippen molar-refractivity contribution in [3.8, 4) is 5.75 Å². The number of hydrogen-bond acceptors (Lipinski definition) is 3. The fourth-order valence-corrected chi connectivity index (χ4v) is 2.86. The number of carbonyl (C=O) groups excluding carboxylic acids is 1. The molecule has 1 atom stereocenters. The molecule has 2 N–H and O–H groups in total. The third-order valence-corrected chi connectivity index (χ3v) is 4.00. The molecule has 0 aliphatic carbocycles. The van der Waals surface area contributed by atoms with E-state index in [2.05, 4.69) is 0 Å². The number of benzene rings is 1. The predicted molar refractivity (Wildman–Crippen MR) is 78.7 cm³/mol. The van der Waals surface area contributed by atoms with Crippen LogP contribution in [0.5, 0.6) is 5.75 Å². The highest BCUT2D eigenvalue weighted by Gasteiger charge is 2.29. The number of phenolic OH excluding ortho intramolecular Hbond substituents is 1. The molecule has 1 heterocycles. The van der Waals surface area contributed by atoms with Gasteiger partial charge in [0.15, 0.2) is 0 Å². The van der Waals surface area contributed by atoms with Crippen molar-refractivity contribution in [2.45, 2.75) is 38.1 Å². The maximum absolute atomic E-state index is 12.6. The van der Waals surface area contributed by atoms with Gasteiger partial charge in [-0.15, -0.1) is 0 Å². The van der Waals surface area contributed by atoms with Crippen molar-refractivity contribution in [2.75, 3.05) is 6.54 Å². The van der Waals surface area contributed by atoms with Crippen LogP contribution >= 0.6 is 11.6 Å². The molecule has 1 aliphatic heterocycles. The third-order valence-electron chi connectivity index (χ3n) is 3.77. The van der Waals surface area contributed by atoms with Gasteiger partial charge in [0, 0.05) is 24.0 Å². The number of aromatic hydroxyl groups is 1. The summed E-state index contributed by atoms with van der Waals surface area (Å²) < 4.78 is 0. The Labute approximate surface area is 128 Å². The number of likely N-dealkylation sites (tertiary alicyclic amines) is 1. The van der Waals surface area contributed by atoms with Crippen LogP contribution in [-0.2, 0) is 4.79 Å². The summed E-state index contributed by atoms with van der Waals surface area (Å²) in [5, 5.41) is 19.0. The predicted octanol–water partition coefficient (Wildman–Crippen LogP) is 2.91. The van der Waals surface area contributed by atoms with Gasteiger partial charge in [-0.05, 0) is 43.9 Å². The number of rotatable bonds is 4. The molecule has 6 heteroatoms. The molecule has 114 valence electrons. The summed E-state index contributed by atoms with van der Waals surface area (Å²) in [6.45, 7) is 0.588. The number of carboxylic acid groups (broad SMARTS) is 1. The van der Waals surface area contributed by atoms with Gasteiger partial charge in [-0.25, -0.2) is 0 Å². The summed E-state index contributed by atoms with van der Waals surface area (Å²) in [6.07, 6.45) is 3.16. The lowest BCUT2D eigenvalue weighted by Gasteiger charge is -2.35. The molecule has 5 nitrogen and oxygen atoms in total. The molecule has 0 radical (unpaired) electrons. The number of carbonyl (C=O) groups is 2. The molecule has 0 spiro atoms. The third kappa shape index (κ3) is 3.88. The molecule has 0 aromatic heterocycles. The monoisotopic (exact) mass is 311 g/mol. The molecule has 0 bridgehead atoms. The van der Waals surface area contributed by atoms with Gasteiger partial charge < -0.3 is 15.1 Å². The van der Waals surface area contributed by atoms with E-state index in [1.54, 1.807) is 11.0 Å². The number of halogens is 1. The second-order valence-corrected chi connectivity index (χ2v) is 5.68. The second-order valence-electron chi connectivity index (χ2n) is 5.24. The standard InChI is InChI=1S/C15H18ClNO4/c16-10-4-6-12(13(18)9-10)15(21)17-8-2-1-3-11(17)5-7-14(19)20/h4,6,9,11,18H,1-3,5,7-8H2,(H,19,20). The quantitative estimate of drug-likeness (QED) is 0.896. The van der Waals surface area contributed by atoms with Crippen LogP contribution in [0.15, 0.2) is 18.2 Å². The van der Waals surface area contributed by atoms with Crippen LogP contribution < -0.4 is 0 Å². The molecule has 1 amide bonds. The zero-order chi connectivity index (χ0) is 15.4. The molecule has 1 aromatic carbocycles. The van der Waals surface area contributed by atoms with Gasteiger partial charge in [0.2, 0.25) is 0 Å². The van der Waals surface area contributed by atoms with E-state index >= 15 is 0 Å². The zero-order valence-corrected chi connectivity index (χ0v) is 12.3. The Bertz CT molecular complexity index is 546. The first kappa shape index (κ1) is 15.6. The molecule has 1 aromatic rings. The lowest BCUT2D eigenvalue weighted by Crippen LogP contribution is -2.44. The van der Waals surface area contributed by atoms with E-state index < -0.39 is 5.97 Å². The van der Waals surface area contributed by atoms with Gasteiger partial charge in [-0.2, -0.15) is 0 Å². The summed E-state index contributed by atoms with van der Waals surface area (Å²) in [5.41, 5.74) is 0.210. The van der Waals surface area contributed by atoms with Crippen LogP contribution in [0.1, 0.15) is 42.5 Å². The van der Waals surface area contributed by atoms with Gasteiger partial charge in [0.1, 0.15) is 5.75 Å². The minimum Gasteiger partial charge on any atom is -0.507 e. The molecule has 2 rings (SSSR count). The SMILES string of the molecule is O=C(O)CCC1CCCCN1C(=O)c1ccc(Cl)cc1O. The number of carboxylic acids is 1. The van der Waals surface area contributed by atoms with E-state index in [1.807, 2.05) is 0 Å². The molecule has 1 aliphatic rings. The van der Waals surface area contributed by atoms with Crippen molar-refractivity contribution in [1.82, 2.24) is 4.90 Å². The fraction of sp³-hybridized carbons (Fsp3) is 0.467. The number of piperidine rings is 1. The largest absolute Gasteiger partial charge is 0.507 e. The molecule has 0 saturated carbocycles. The van der Waals surface area contributed by atoms with E-state index in [0.717, 1.165) is 19.3 Å². The lowest BCUT2D eigenvalue weighted by molar-refractivity contribution is -0.137. The summed E-state index contributed by atoms with van der Waals surface area (Å²) in [4.78, 5) is 25.0. The maximum Gasteiger partial charge on any atom is 0.303 e. The van der Waals surface area contributed by atoms with Crippen LogP contribution in [0.2, 0.25) is 5.02 Å². The van der Waals surface area contributed by atoms with Crippen molar-refractivity contribution < 1.29 is 19.8 Å². The average Bonchev–Trinajstić information content (AvgIpc) is 2.45. The lowest BCUT2D eigenvalue weighted by atomic mass is 9.96. The Morgan fingerprint density at radius 1 is 1.33 bits per heavy atom. The van der Waals surface area contributed by atoms with E-state index in [1.165, 1.54) is 12.1 Å². The van der Waals surface area contributed by atoms with Crippen molar-refractivity contribution in [3.05, 3.63) is 28.8 Å². The molecule has 1 unspecified atom stereocenters. The molecular weight excluding hydrogens is 294 g/mol. The smallest absolute Gasteiger partial charge is 0.303 e. The summed E-state index contributed by atoms with van der Waals surface area (Å²) in [7, 11) is 0. The van der Waals surface area contributed by atoms with Crippen LogP contribution in [-0.4, -0.2) is 39.6 Å². The summed E-state index contributed by atoms with van der Waals surface area (Å²) in [6, 6.07) is 4.32. The van der Waals surface area contributed by atoms with E-state index in [4.69, 9.17) is 16.7 Å². The first-order chi connectivity index (χ1) is 9.99.